The number of amides is 1. The molecular weight excluding hydrogens is 350 g/mol. The minimum absolute atomic E-state index is 0.0308. The number of aryl methyl sites for hydroxylation is 2. The number of para-hydroxylation sites is 1. The molecule has 1 aromatic carbocycles. The molecule has 7 heteroatoms. The number of carbonyl (C=O) groups is 1. The molecule has 1 aromatic heterocycles. The summed E-state index contributed by atoms with van der Waals surface area (Å²) < 4.78 is 23.3. The first-order valence-corrected chi connectivity index (χ1v) is 10.3. The average Bonchev–Trinajstić information content (AvgIpc) is 2.97. The predicted octanol–water partition coefficient (Wildman–Crippen LogP) is 2.70. The second-order valence-corrected chi connectivity index (χ2v) is 9.06. The average molecular weight is 373 g/mol. The Bertz CT molecular complexity index is 921. The van der Waals surface area contributed by atoms with Gasteiger partial charge in [-0.25, -0.2) is 8.42 Å². The maximum atomic E-state index is 12.7. The minimum Gasteiger partial charge on any atom is -0.354 e. The number of hydrogen-bond acceptors (Lipinski definition) is 5. The maximum Gasteiger partial charge on any atom is 0.255 e. The topological polar surface area (TPSA) is 79.4 Å². The summed E-state index contributed by atoms with van der Waals surface area (Å²) in [6.45, 7) is 4.04. The third kappa shape index (κ3) is 3.88. The number of benzene rings is 1. The largest absolute Gasteiger partial charge is 0.354 e. The molecule has 1 fully saturated rings. The first-order valence-electron chi connectivity index (χ1n) is 8.53. The fourth-order valence-electron chi connectivity index (χ4n) is 3.23. The molecule has 0 aliphatic carbocycles. The van der Waals surface area contributed by atoms with Gasteiger partial charge in [0.25, 0.3) is 5.91 Å². The van der Waals surface area contributed by atoms with Crippen molar-refractivity contribution in [3.8, 4) is 0 Å². The molecule has 1 N–H and O–H groups in total. The first-order chi connectivity index (χ1) is 12.3. The Morgan fingerprint density at radius 2 is 1.92 bits per heavy atom. The highest BCUT2D eigenvalue weighted by atomic mass is 32.2. The van der Waals surface area contributed by atoms with Gasteiger partial charge in [0.1, 0.15) is 0 Å². The maximum absolute atomic E-state index is 12.7. The van der Waals surface area contributed by atoms with Crippen molar-refractivity contribution in [1.29, 1.82) is 0 Å². The van der Waals surface area contributed by atoms with E-state index in [1.165, 1.54) is 11.1 Å². The summed E-state index contributed by atoms with van der Waals surface area (Å²) in [5, 5.41) is 3.33. The van der Waals surface area contributed by atoms with E-state index in [2.05, 4.69) is 10.3 Å². The third-order valence-electron chi connectivity index (χ3n) is 4.81. The zero-order valence-corrected chi connectivity index (χ0v) is 16.0. The van der Waals surface area contributed by atoms with Crippen LogP contribution in [0, 0.1) is 13.8 Å². The van der Waals surface area contributed by atoms with Gasteiger partial charge in [-0.2, -0.15) is 0 Å². The molecule has 2 heterocycles. The summed E-state index contributed by atoms with van der Waals surface area (Å²) in [5.74, 6) is -0.0465. The van der Waals surface area contributed by atoms with E-state index < -0.39 is 9.84 Å². The standard InChI is InChI=1S/C19H23N3O3S/c1-13-5-4-6-14(2)18(13)21-16-9-15(10-20-11-16)19(23)22(3)17-7-8-26(24,25)12-17/h4-6,9-11,17,21H,7-8,12H2,1-3H3. The van der Waals surface area contributed by atoms with Crippen LogP contribution in [0.3, 0.4) is 0 Å². The van der Waals surface area contributed by atoms with E-state index in [4.69, 9.17) is 0 Å². The van der Waals surface area contributed by atoms with E-state index in [0.29, 0.717) is 12.0 Å². The third-order valence-corrected chi connectivity index (χ3v) is 6.56. The van der Waals surface area contributed by atoms with Gasteiger partial charge in [-0.15, -0.1) is 0 Å². The molecule has 1 amide bonds. The molecule has 1 atom stereocenters. The Labute approximate surface area is 154 Å². The van der Waals surface area contributed by atoms with Crippen LogP contribution in [-0.2, 0) is 9.84 Å². The number of rotatable bonds is 4. The number of aromatic nitrogens is 1. The molecule has 1 saturated heterocycles. The number of nitrogens with zero attached hydrogens (tertiary/aromatic N) is 2. The van der Waals surface area contributed by atoms with Crippen LogP contribution >= 0.6 is 0 Å². The predicted molar refractivity (Wildman–Crippen MR) is 103 cm³/mol. The highest BCUT2D eigenvalue weighted by molar-refractivity contribution is 7.91. The SMILES string of the molecule is Cc1cccc(C)c1Nc1cncc(C(=O)N(C)C2CCS(=O)(=O)C2)c1. The van der Waals surface area contributed by atoms with E-state index in [1.807, 2.05) is 32.0 Å². The van der Waals surface area contributed by atoms with Gasteiger partial charge in [-0.05, 0) is 37.5 Å². The molecule has 0 saturated carbocycles. The summed E-state index contributed by atoms with van der Waals surface area (Å²) in [5.41, 5.74) is 4.37. The highest BCUT2D eigenvalue weighted by Gasteiger charge is 2.33. The van der Waals surface area contributed by atoms with Gasteiger partial charge >= 0.3 is 0 Å². The number of pyridine rings is 1. The lowest BCUT2D eigenvalue weighted by Gasteiger charge is -2.23. The lowest BCUT2D eigenvalue weighted by atomic mass is 10.1. The van der Waals surface area contributed by atoms with Crippen molar-refractivity contribution in [2.24, 2.45) is 0 Å². The van der Waals surface area contributed by atoms with Crippen LogP contribution < -0.4 is 5.32 Å². The van der Waals surface area contributed by atoms with Gasteiger partial charge in [0.2, 0.25) is 0 Å². The van der Waals surface area contributed by atoms with Crippen molar-refractivity contribution >= 4 is 27.1 Å². The van der Waals surface area contributed by atoms with Crippen LogP contribution in [-0.4, -0.2) is 48.8 Å². The van der Waals surface area contributed by atoms with Gasteiger partial charge in [0.05, 0.1) is 29.0 Å². The van der Waals surface area contributed by atoms with E-state index in [0.717, 1.165) is 22.5 Å². The highest BCUT2D eigenvalue weighted by Crippen LogP contribution is 2.25. The minimum atomic E-state index is -3.04. The number of anilines is 2. The molecule has 138 valence electrons. The van der Waals surface area contributed by atoms with Crippen molar-refractivity contribution in [1.82, 2.24) is 9.88 Å². The number of hydrogen-bond donors (Lipinski definition) is 1. The van der Waals surface area contributed by atoms with Crippen LogP contribution in [0.15, 0.2) is 36.7 Å². The fraction of sp³-hybridized carbons (Fsp3) is 0.368. The zero-order chi connectivity index (χ0) is 18.9. The molecule has 1 aliphatic rings. The molecule has 2 aromatic rings. The van der Waals surface area contributed by atoms with Crippen LogP contribution in [0.2, 0.25) is 0 Å². The molecule has 1 aliphatic heterocycles. The van der Waals surface area contributed by atoms with Gasteiger partial charge in [0.15, 0.2) is 9.84 Å². The molecule has 0 spiro atoms. The van der Waals surface area contributed by atoms with Gasteiger partial charge in [0, 0.05) is 25.0 Å². The molecule has 0 radical (unpaired) electrons. The van der Waals surface area contributed by atoms with Crippen molar-refractivity contribution in [2.75, 3.05) is 23.9 Å². The van der Waals surface area contributed by atoms with E-state index in [1.54, 1.807) is 19.3 Å². The molecule has 26 heavy (non-hydrogen) atoms. The van der Waals surface area contributed by atoms with Gasteiger partial charge in [-0.1, -0.05) is 18.2 Å². The Balaban J connectivity index is 1.80. The lowest BCUT2D eigenvalue weighted by molar-refractivity contribution is 0.0747. The molecular formula is C19H23N3O3S. The van der Waals surface area contributed by atoms with E-state index in [-0.39, 0.29) is 23.5 Å². The molecule has 1 unspecified atom stereocenters. The summed E-state index contributed by atoms with van der Waals surface area (Å²) in [4.78, 5) is 18.4. The Hall–Kier alpha value is -2.41. The second-order valence-electron chi connectivity index (χ2n) is 6.83. The normalized spacial score (nSPS) is 18.5. The second kappa shape index (κ2) is 7.07. The number of nitrogens with one attached hydrogen (secondary N) is 1. The van der Waals surface area contributed by atoms with E-state index >= 15 is 0 Å². The fourth-order valence-corrected chi connectivity index (χ4v) is 5.01. The zero-order valence-electron chi connectivity index (χ0n) is 15.2. The smallest absolute Gasteiger partial charge is 0.255 e. The van der Waals surface area contributed by atoms with Gasteiger partial charge in [-0.3, -0.25) is 9.78 Å². The number of carbonyl (C=O) groups excluding carboxylic acids is 1. The summed E-state index contributed by atoms with van der Waals surface area (Å²) in [6.07, 6.45) is 3.67. The van der Waals surface area contributed by atoms with Crippen LogP contribution in [0.1, 0.15) is 27.9 Å². The first kappa shape index (κ1) is 18.4. The van der Waals surface area contributed by atoms with Crippen molar-refractivity contribution in [2.45, 2.75) is 26.3 Å². The van der Waals surface area contributed by atoms with Crippen LogP contribution in [0.4, 0.5) is 11.4 Å². The van der Waals surface area contributed by atoms with Crippen molar-refractivity contribution in [3.05, 3.63) is 53.3 Å². The molecule has 3 rings (SSSR count). The molecule has 0 bridgehead atoms. The summed E-state index contributed by atoms with van der Waals surface area (Å²) in [6, 6.07) is 7.51. The lowest BCUT2D eigenvalue weighted by Crippen LogP contribution is -2.37. The summed E-state index contributed by atoms with van der Waals surface area (Å²) in [7, 11) is -1.38. The van der Waals surface area contributed by atoms with Crippen LogP contribution in [0.25, 0.3) is 0 Å². The number of sulfone groups is 1. The monoisotopic (exact) mass is 373 g/mol. The molecule has 6 nitrogen and oxygen atoms in total. The van der Waals surface area contributed by atoms with E-state index in [9.17, 15) is 13.2 Å². The van der Waals surface area contributed by atoms with Crippen molar-refractivity contribution < 1.29 is 13.2 Å². The van der Waals surface area contributed by atoms with Crippen LogP contribution in [0.5, 0.6) is 0 Å². The summed E-state index contributed by atoms with van der Waals surface area (Å²) >= 11 is 0. The quantitative estimate of drug-likeness (QED) is 0.891. The van der Waals surface area contributed by atoms with Gasteiger partial charge < -0.3 is 10.2 Å². The Morgan fingerprint density at radius 1 is 1.23 bits per heavy atom. The van der Waals surface area contributed by atoms with Crippen molar-refractivity contribution in [3.63, 3.8) is 0 Å². The Morgan fingerprint density at radius 3 is 2.54 bits per heavy atom. The Kier molecular flexibility index (Phi) is 5.00.